The van der Waals surface area contributed by atoms with E-state index in [0.29, 0.717) is 0 Å². The molecule has 0 aliphatic carbocycles. The number of hydrogen-bond donors (Lipinski definition) is 0. The average Bonchev–Trinajstić information content (AvgIpc) is 2.92. The van der Waals surface area contributed by atoms with Gasteiger partial charge in [-0.25, -0.2) is 0 Å². The van der Waals surface area contributed by atoms with Crippen LogP contribution in [0.15, 0.2) is 35.0 Å². The molecule has 0 N–H and O–H groups in total. The fourth-order valence-corrected chi connectivity index (χ4v) is 3.82. The van der Waals surface area contributed by atoms with Crippen LogP contribution in [0.1, 0.15) is 29.9 Å². The Morgan fingerprint density at radius 2 is 2.08 bits per heavy atom. The van der Waals surface area contributed by atoms with Gasteiger partial charge in [0.15, 0.2) is 0 Å². The SMILES string of the molecule is Cc1cc(CN2CCC3(CC2)CN(c2cccnc2)C3=O)oc1C. The second kappa shape index (κ2) is 5.74. The van der Waals surface area contributed by atoms with Gasteiger partial charge in [0.25, 0.3) is 0 Å². The molecular formula is C19H23N3O2. The van der Waals surface area contributed by atoms with Crippen LogP contribution in [-0.4, -0.2) is 35.4 Å². The summed E-state index contributed by atoms with van der Waals surface area (Å²) in [6.07, 6.45) is 5.37. The molecule has 0 bridgehead atoms. The molecule has 1 amide bonds. The summed E-state index contributed by atoms with van der Waals surface area (Å²) in [4.78, 5) is 21.1. The van der Waals surface area contributed by atoms with Crippen LogP contribution in [0.3, 0.4) is 0 Å². The Balaban J connectivity index is 1.36. The number of hydrogen-bond acceptors (Lipinski definition) is 4. The number of carbonyl (C=O) groups is 1. The number of piperidine rings is 1. The Hall–Kier alpha value is -2.14. The number of furan rings is 1. The Bertz CT molecular complexity index is 726. The van der Waals surface area contributed by atoms with Crippen LogP contribution in [0, 0.1) is 19.3 Å². The maximum Gasteiger partial charge on any atom is 0.235 e. The predicted molar refractivity (Wildman–Crippen MR) is 91.7 cm³/mol. The quantitative estimate of drug-likeness (QED) is 0.814. The lowest BCUT2D eigenvalue weighted by atomic mass is 9.71. The zero-order chi connectivity index (χ0) is 16.7. The van der Waals surface area contributed by atoms with Gasteiger partial charge in [0, 0.05) is 12.7 Å². The summed E-state index contributed by atoms with van der Waals surface area (Å²) in [5.74, 6) is 2.29. The van der Waals surface area contributed by atoms with E-state index in [0.717, 1.165) is 56.2 Å². The maximum atomic E-state index is 12.7. The van der Waals surface area contributed by atoms with Crippen molar-refractivity contribution in [2.45, 2.75) is 33.2 Å². The molecule has 0 radical (unpaired) electrons. The molecule has 4 rings (SSSR count). The largest absolute Gasteiger partial charge is 0.465 e. The van der Waals surface area contributed by atoms with Crippen molar-refractivity contribution in [2.24, 2.45) is 5.41 Å². The molecule has 0 atom stereocenters. The molecule has 4 heterocycles. The highest BCUT2D eigenvalue weighted by Crippen LogP contribution is 2.43. The fraction of sp³-hybridized carbons (Fsp3) is 0.474. The van der Waals surface area contributed by atoms with Crippen molar-refractivity contribution in [2.75, 3.05) is 24.5 Å². The highest BCUT2D eigenvalue weighted by molar-refractivity contribution is 6.04. The third-order valence-corrected chi connectivity index (χ3v) is 5.53. The van der Waals surface area contributed by atoms with Gasteiger partial charge < -0.3 is 9.32 Å². The van der Waals surface area contributed by atoms with E-state index in [2.05, 4.69) is 22.9 Å². The van der Waals surface area contributed by atoms with Crippen molar-refractivity contribution < 1.29 is 9.21 Å². The highest BCUT2D eigenvalue weighted by Gasteiger charge is 2.53. The van der Waals surface area contributed by atoms with Crippen LogP contribution in [0.5, 0.6) is 0 Å². The summed E-state index contributed by atoms with van der Waals surface area (Å²) in [5, 5.41) is 0. The molecule has 2 saturated heterocycles. The normalized spacial score (nSPS) is 20.4. The number of aromatic nitrogens is 1. The lowest BCUT2D eigenvalue weighted by molar-refractivity contribution is -0.138. The number of carbonyl (C=O) groups excluding carboxylic acids is 1. The molecule has 2 aromatic heterocycles. The number of nitrogens with zero attached hydrogens (tertiary/aromatic N) is 3. The van der Waals surface area contributed by atoms with Gasteiger partial charge in [0.2, 0.25) is 5.91 Å². The minimum Gasteiger partial charge on any atom is -0.465 e. The first-order valence-corrected chi connectivity index (χ1v) is 8.58. The molecule has 2 fully saturated rings. The molecule has 24 heavy (non-hydrogen) atoms. The van der Waals surface area contributed by atoms with Crippen LogP contribution in [0.2, 0.25) is 0 Å². The number of rotatable bonds is 3. The maximum absolute atomic E-state index is 12.7. The molecule has 2 aromatic rings. The third-order valence-electron chi connectivity index (χ3n) is 5.53. The summed E-state index contributed by atoms with van der Waals surface area (Å²) in [7, 11) is 0. The van der Waals surface area contributed by atoms with Gasteiger partial charge in [-0.1, -0.05) is 0 Å². The van der Waals surface area contributed by atoms with Crippen LogP contribution in [0.25, 0.3) is 0 Å². The van der Waals surface area contributed by atoms with Crippen LogP contribution < -0.4 is 4.90 Å². The summed E-state index contributed by atoms with van der Waals surface area (Å²) in [6.45, 7) is 7.64. The first-order chi connectivity index (χ1) is 11.6. The van der Waals surface area contributed by atoms with Gasteiger partial charge in [0.05, 0.1) is 23.8 Å². The van der Waals surface area contributed by atoms with Crippen LogP contribution >= 0.6 is 0 Å². The first kappa shape index (κ1) is 15.4. The molecule has 0 unspecified atom stereocenters. The lowest BCUT2D eigenvalue weighted by Gasteiger charge is -2.52. The van der Waals surface area contributed by atoms with Gasteiger partial charge in [-0.3, -0.25) is 14.7 Å². The molecule has 1 spiro atoms. The number of anilines is 1. The Labute approximate surface area is 142 Å². The van der Waals surface area contributed by atoms with Gasteiger partial charge in [0.1, 0.15) is 11.5 Å². The van der Waals surface area contributed by atoms with E-state index in [1.807, 2.05) is 24.0 Å². The minimum absolute atomic E-state index is 0.151. The van der Waals surface area contributed by atoms with Crippen LogP contribution in [-0.2, 0) is 11.3 Å². The molecule has 5 heteroatoms. The second-order valence-electron chi connectivity index (χ2n) is 7.11. The Morgan fingerprint density at radius 1 is 1.29 bits per heavy atom. The summed E-state index contributed by atoms with van der Waals surface area (Å²) in [6, 6.07) is 5.95. The first-order valence-electron chi connectivity index (χ1n) is 8.58. The van der Waals surface area contributed by atoms with Gasteiger partial charge in [-0.15, -0.1) is 0 Å². The number of β-lactam (4-membered cyclic amide) rings is 1. The van der Waals surface area contributed by atoms with E-state index < -0.39 is 0 Å². The zero-order valence-electron chi connectivity index (χ0n) is 14.3. The van der Waals surface area contributed by atoms with E-state index in [-0.39, 0.29) is 11.3 Å². The zero-order valence-corrected chi connectivity index (χ0v) is 14.3. The van der Waals surface area contributed by atoms with E-state index in [1.165, 1.54) is 5.56 Å². The monoisotopic (exact) mass is 325 g/mol. The molecule has 0 saturated carbocycles. The number of amides is 1. The van der Waals surface area contributed by atoms with Crippen molar-refractivity contribution in [3.63, 3.8) is 0 Å². The molecule has 2 aliphatic rings. The van der Waals surface area contributed by atoms with Crippen molar-refractivity contribution in [3.8, 4) is 0 Å². The lowest BCUT2D eigenvalue weighted by Crippen LogP contribution is -2.65. The van der Waals surface area contributed by atoms with Gasteiger partial charge >= 0.3 is 0 Å². The highest BCUT2D eigenvalue weighted by atomic mass is 16.3. The Kier molecular flexibility index (Phi) is 3.68. The van der Waals surface area contributed by atoms with Crippen molar-refractivity contribution in [1.82, 2.24) is 9.88 Å². The number of pyridine rings is 1. The molecule has 5 nitrogen and oxygen atoms in total. The Morgan fingerprint density at radius 3 is 2.67 bits per heavy atom. The summed E-state index contributed by atoms with van der Waals surface area (Å²) in [5.41, 5.74) is 1.97. The number of aryl methyl sites for hydroxylation is 2. The standard InChI is InChI=1S/C19H23N3O2/c1-14-10-17(24-15(14)2)12-21-8-5-19(6-9-21)13-22(18(19)23)16-4-3-7-20-11-16/h3-4,7,10-11H,5-6,8-9,12-13H2,1-2H3. The van der Waals surface area contributed by atoms with Crippen molar-refractivity contribution in [1.29, 1.82) is 0 Å². The van der Waals surface area contributed by atoms with E-state index in [4.69, 9.17) is 4.42 Å². The van der Waals surface area contributed by atoms with Crippen LogP contribution in [0.4, 0.5) is 5.69 Å². The van der Waals surface area contributed by atoms with Crippen molar-refractivity contribution in [3.05, 3.63) is 47.7 Å². The smallest absolute Gasteiger partial charge is 0.235 e. The van der Waals surface area contributed by atoms with E-state index in [9.17, 15) is 4.79 Å². The molecule has 126 valence electrons. The fourth-order valence-electron chi connectivity index (χ4n) is 3.82. The van der Waals surface area contributed by atoms with Crippen molar-refractivity contribution >= 4 is 11.6 Å². The predicted octanol–water partition coefficient (Wildman–Crippen LogP) is 2.92. The van der Waals surface area contributed by atoms with E-state index in [1.54, 1.807) is 12.4 Å². The van der Waals surface area contributed by atoms with Gasteiger partial charge in [-0.2, -0.15) is 0 Å². The summed E-state index contributed by atoms with van der Waals surface area (Å²) < 4.78 is 5.78. The molecular weight excluding hydrogens is 302 g/mol. The van der Waals surface area contributed by atoms with E-state index >= 15 is 0 Å². The topological polar surface area (TPSA) is 49.6 Å². The third kappa shape index (κ3) is 2.53. The number of likely N-dealkylation sites (tertiary alicyclic amines) is 1. The second-order valence-corrected chi connectivity index (χ2v) is 7.11. The minimum atomic E-state index is -0.151. The molecule has 2 aliphatic heterocycles. The van der Waals surface area contributed by atoms with Gasteiger partial charge in [-0.05, 0) is 63.5 Å². The average molecular weight is 325 g/mol. The molecule has 0 aromatic carbocycles. The summed E-state index contributed by atoms with van der Waals surface area (Å²) >= 11 is 0.